The van der Waals surface area contributed by atoms with E-state index in [0.717, 1.165) is 11.1 Å². The molecule has 3 aromatic carbocycles. The minimum Gasteiger partial charge on any atom is -0.497 e. The van der Waals surface area contributed by atoms with Gasteiger partial charge in [-0.25, -0.2) is 0 Å². The number of carbonyl (C=O) groups is 1. The van der Waals surface area contributed by atoms with Crippen molar-refractivity contribution in [3.05, 3.63) is 89.2 Å². The van der Waals surface area contributed by atoms with Gasteiger partial charge in [-0.1, -0.05) is 29.8 Å². The summed E-state index contributed by atoms with van der Waals surface area (Å²) in [4.78, 5) is 12.7. The van der Waals surface area contributed by atoms with Crippen molar-refractivity contribution in [3.63, 3.8) is 0 Å². The van der Waals surface area contributed by atoms with Crippen LogP contribution in [-0.2, 0) is 10.1 Å². The molecule has 30 heavy (non-hydrogen) atoms. The first-order valence-electron chi connectivity index (χ1n) is 9.09. The van der Waals surface area contributed by atoms with Gasteiger partial charge in [0.25, 0.3) is 0 Å². The number of hydrogen-bond donors (Lipinski definition) is 0. The van der Waals surface area contributed by atoms with Gasteiger partial charge in [-0.05, 0) is 55.0 Å². The normalized spacial score (nSPS) is 14.3. The van der Waals surface area contributed by atoms with Crippen LogP contribution in [0.25, 0.3) is 6.08 Å². The first kappa shape index (κ1) is 19.7. The van der Waals surface area contributed by atoms with Crippen molar-refractivity contribution in [2.45, 2.75) is 11.8 Å². The second-order valence-corrected chi connectivity index (χ2v) is 8.27. The fourth-order valence-electron chi connectivity index (χ4n) is 2.98. The Hall–Kier alpha value is -3.58. The lowest BCUT2D eigenvalue weighted by Crippen LogP contribution is -2.09. The molecule has 1 aliphatic rings. The Morgan fingerprint density at radius 1 is 0.933 bits per heavy atom. The largest absolute Gasteiger partial charge is 0.497 e. The Morgan fingerprint density at radius 2 is 1.70 bits per heavy atom. The van der Waals surface area contributed by atoms with E-state index >= 15 is 0 Å². The average molecular weight is 422 g/mol. The molecule has 0 saturated carbocycles. The van der Waals surface area contributed by atoms with Crippen LogP contribution in [0.3, 0.4) is 0 Å². The van der Waals surface area contributed by atoms with Gasteiger partial charge in [0.15, 0.2) is 5.76 Å². The molecule has 0 bridgehead atoms. The Balaban J connectivity index is 1.59. The average Bonchev–Trinajstić information content (AvgIpc) is 3.03. The molecule has 4 rings (SSSR count). The van der Waals surface area contributed by atoms with Crippen LogP contribution in [-0.4, -0.2) is 21.3 Å². The molecule has 7 heteroatoms. The predicted octanol–water partition coefficient (Wildman–Crippen LogP) is 4.39. The molecule has 3 aromatic rings. The zero-order valence-corrected chi connectivity index (χ0v) is 17.1. The number of methoxy groups -OCH3 is 1. The molecule has 6 nitrogen and oxygen atoms in total. The van der Waals surface area contributed by atoms with Crippen LogP contribution in [0, 0.1) is 6.92 Å². The van der Waals surface area contributed by atoms with Crippen molar-refractivity contribution in [2.24, 2.45) is 0 Å². The third kappa shape index (κ3) is 3.92. The van der Waals surface area contributed by atoms with E-state index < -0.39 is 10.1 Å². The maximum atomic E-state index is 12.6. The van der Waals surface area contributed by atoms with Crippen molar-refractivity contribution in [1.29, 1.82) is 0 Å². The molecule has 0 fully saturated rings. The van der Waals surface area contributed by atoms with E-state index in [0.29, 0.717) is 11.3 Å². The summed E-state index contributed by atoms with van der Waals surface area (Å²) in [7, 11) is -2.44. The van der Waals surface area contributed by atoms with Crippen molar-refractivity contribution in [1.82, 2.24) is 0 Å². The Labute approximate surface area is 174 Å². The maximum absolute atomic E-state index is 12.6. The van der Waals surface area contributed by atoms with E-state index in [1.807, 2.05) is 13.0 Å². The highest BCUT2D eigenvalue weighted by Gasteiger charge is 2.28. The summed E-state index contributed by atoms with van der Waals surface area (Å²) in [5, 5.41) is 0. The number of aryl methyl sites for hydroxylation is 1. The number of fused-ring (bicyclic) bond motifs is 1. The van der Waals surface area contributed by atoms with Gasteiger partial charge >= 0.3 is 10.1 Å². The van der Waals surface area contributed by atoms with Crippen molar-refractivity contribution < 1.29 is 26.9 Å². The minimum atomic E-state index is -4.00. The van der Waals surface area contributed by atoms with Crippen molar-refractivity contribution in [2.75, 3.05) is 7.11 Å². The Bertz CT molecular complexity index is 1260. The number of ether oxygens (including phenoxy) is 2. The summed E-state index contributed by atoms with van der Waals surface area (Å²) in [5.74, 6) is 0.803. The second-order valence-electron chi connectivity index (χ2n) is 6.72. The zero-order chi connectivity index (χ0) is 21.3. The molecule has 0 unspecified atom stereocenters. The highest BCUT2D eigenvalue weighted by Crippen LogP contribution is 2.35. The van der Waals surface area contributed by atoms with Gasteiger partial charge in [-0.3, -0.25) is 4.79 Å². The van der Waals surface area contributed by atoms with Gasteiger partial charge in [-0.15, -0.1) is 0 Å². The van der Waals surface area contributed by atoms with E-state index in [1.165, 1.54) is 30.3 Å². The van der Waals surface area contributed by atoms with Crippen LogP contribution in [0.4, 0.5) is 0 Å². The molecule has 1 heterocycles. The van der Waals surface area contributed by atoms with Crippen LogP contribution < -0.4 is 13.7 Å². The molecule has 0 amide bonds. The van der Waals surface area contributed by atoms with Gasteiger partial charge in [-0.2, -0.15) is 8.42 Å². The Morgan fingerprint density at radius 3 is 2.43 bits per heavy atom. The Kier molecular flexibility index (Phi) is 5.05. The number of ketones is 1. The summed E-state index contributed by atoms with van der Waals surface area (Å²) in [6.45, 7) is 1.86. The predicted molar refractivity (Wildman–Crippen MR) is 111 cm³/mol. The number of rotatable bonds is 5. The third-order valence-corrected chi connectivity index (χ3v) is 5.81. The van der Waals surface area contributed by atoms with E-state index in [2.05, 4.69) is 0 Å². The number of hydrogen-bond acceptors (Lipinski definition) is 6. The molecular weight excluding hydrogens is 404 g/mol. The van der Waals surface area contributed by atoms with Crippen LogP contribution >= 0.6 is 0 Å². The number of benzene rings is 3. The fourth-order valence-corrected chi connectivity index (χ4v) is 3.90. The third-order valence-electron chi connectivity index (χ3n) is 4.55. The highest BCUT2D eigenvalue weighted by atomic mass is 32.2. The number of allylic oxidation sites excluding steroid dienone is 1. The quantitative estimate of drug-likeness (QED) is 0.448. The van der Waals surface area contributed by atoms with E-state index in [4.69, 9.17) is 13.7 Å². The summed E-state index contributed by atoms with van der Waals surface area (Å²) in [6, 6.07) is 17.8. The summed E-state index contributed by atoms with van der Waals surface area (Å²) in [6.07, 6.45) is 1.61. The van der Waals surface area contributed by atoms with E-state index in [-0.39, 0.29) is 27.9 Å². The lowest BCUT2D eigenvalue weighted by molar-refractivity contribution is 0.101. The van der Waals surface area contributed by atoms with Crippen molar-refractivity contribution in [3.8, 4) is 17.2 Å². The van der Waals surface area contributed by atoms with Crippen LogP contribution in [0.5, 0.6) is 17.2 Å². The molecular formula is C23H18O6S. The molecule has 0 spiro atoms. The van der Waals surface area contributed by atoms with E-state index in [9.17, 15) is 13.2 Å². The van der Waals surface area contributed by atoms with Gasteiger partial charge in [0.1, 0.15) is 22.1 Å². The molecule has 1 aliphatic heterocycles. The molecule has 0 aliphatic carbocycles. The molecule has 0 atom stereocenters. The maximum Gasteiger partial charge on any atom is 0.339 e. The monoisotopic (exact) mass is 422 g/mol. The summed E-state index contributed by atoms with van der Waals surface area (Å²) >= 11 is 0. The number of carbonyl (C=O) groups excluding carboxylic acids is 1. The lowest BCUT2D eigenvalue weighted by Gasteiger charge is -2.08. The number of Topliss-reactive ketones (excluding diaryl/α,β-unsaturated/α-hetero) is 1. The van der Waals surface area contributed by atoms with Crippen molar-refractivity contribution >= 4 is 22.0 Å². The molecule has 0 aromatic heterocycles. The zero-order valence-electron chi connectivity index (χ0n) is 16.3. The second kappa shape index (κ2) is 7.68. The molecule has 152 valence electrons. The molecule has 0 radical (unpaired) electrons. The topological polar surface area (TPSA) is 78.9 Å². The first-order valence-corrected chi connectivity index (χ1v) is 10.5. The van der Waals surface area contributed by atoms with Gasteiger partial charge in [0.05, 0.1) is 12.7 Å². The van der Waals surface area contributed by atoms with Crippen LogP contribution in [0.2, 0.25) is 0 Å². The van der Waals surface area contributed by atoms with Crippen LogP contribution in [0.1, 0.15) is 21.5 Å². The fraction of sp³-hybridized carbons (Fsp3) is 0.0870. The minimum absolute atomic E-state index is 0.0456. The molecule has 0 saturated heterocycles. The first-order chi connectivity index (χ1) is 14.4. The summed E-state index contributed by atoms with van der Waals surface area (Å²) in [5.41, 5.74) is 2.02. The highest BCUT2D eigenvalue weighted by molar-refractivity contribution is 7.87. The SMILES string of the molecule is COc1cccc(C=C2Oc3cc(OS(=O)(=O)c4ccc(C)cc4)ccc3C2=O)c1. The molecule has 0 N–H and O–H groups in total. The van der Waals surface area contributed by atoms with E-state index in [1.54, 1.807) is 43.5 Å². The standard InChI is InChI=1S/C23H18O6S/c1-15-6-9-19(10-7-15)30(25,26)29-18-8-11-20-21(14-18)28-22(23(20)24)13-16-4-3-5-17(12-16)27-2/h3-14H,1-2H3. The van der Waals surface area contributed by atoms with Gasteiger partial charge < -0.3 is 13.7 Å². The van der Waals surface area contributed by atoms with Crippen LogP contribution in [0.15, 0.2) is 77.4 Å². The van der Waals surface area contributed by atoms with Gasteiger partial charge in [0.2, 0.25) is 5.78 Å². The lowest BCUT2D eigenvalue weighted by atomic mass is 10.1. The summed E-state index contributed by atoms with van der Waals surface area (Å²) < 4.78 is 41.1. The van der Waals surface area contributed by atoms with Gasteiger partial charge in [0, 0.05) is 6.07 Å². The smallest absolute Gasteiger partial charge is 0.339 e.